The van der Waals surface area contributed by atoms with Crippen LogP contribution in [0.1, 0.15) is 40.5 Å². The highest BCUT2D eigenvalue weighted by molar-refractivity contribution is 5.67. The lowest BCUT2D eigenvalue weighted by molar-refractivity contribution is 0.0527. The summed E-state index contributed by atoms with van der Waals surface area (Å²) < 4.78 is 5.08. The van der Waals surface area contributed by atoms with E-state index in [0.717, 1.165) is 18.4 Å². The van der Waals surface area contributed by atoms with Gasteiger partial charge in [0.25, 0.3) is 0 Å². The molecule has 1 amide bonds. The van der Waals surface area contributed by atoms with Gasteiger partial charge in [0.15, 0.2) is 0 Å². The van der Waals surface area contributed by atoms with E-state index in [4.69, 9.17) is 4.74 Å². The summed E-state index contributed by atoms with van der Waals surface area (Å²) in [7, 11) is 0. The molecule has 1 N–H and O–H groups in total. The lowest BCUT2D eigenvalue weighted by Gasteiger charge is -2.19. The molecule has 0 fully saturated rings. The Hall–Kier alpha value is -1.43. The third kappa shape index (κ3) is 10.6. The van der Waals surface area contributed by atoms with Crippen LogP contribution < -0.4 is 5.32 Å². The zero-order valence-electron chi connectivity index (χ0n) is 10.6. The van der Waals surface area contributed by atoms with Crippen molar-refractivity contribution in [1.29, 1.82) is 0 Å². The van der Waals surface area contributed by atoms with Gasteiger partial charge in [0.2, 0.25) is 0 Å². The number of amides is 1. The number of rotatable bonds is 3. The molecule has 0 aromatic rings. The van der Waals surface area contributed by atoms with E-state index in [1.54, 1.807) is 0 Å². The minimum Gasteiger partial charge on any atom is -0.444 e. The third-order valence-electron chi connectivity index (χ3n) is 1.45. The van der Waals surface area contributed by atoms with Gasteiger partial charge >= 0.3 is 6.09 Å². The van der Waals surface area contributed by atoms with Crippen molar-refractivity contribution in [2.24, 2.45) is 0 Å². The second-order valence-corrected chi connectivity index (χ2v) is 4.61. The Morgan fingerprint density at radius 3 is 2.56 bits per heavy atom. The Balaban J connectivity index is 3.58. The largest absolute Gasteiger partial charge is 0.444 e. The zero-order chi connectivity index (χ0) is 12.6. The van der Waals surface area contributed by atoms with Crippen molar-refractivity contribution >= 4 is 6.09 Å². The molecule has 0 saturated heterocycles. The normalized spacial score (nSPS) is 10.0. The number of carbonyl (C=O) groups excluding carboxylic acids is 1. The SMILES string of the molecule is C=C(C)C#CCCCNC(=O)OC(C)(C)C. The summed E-state index contributed by atoms with van der Waals surface area (Å²) in [5, 5.41) is 2.68. The molecule has 0 spiro atoms. The minimum atomic E-state index is -0.441. The molecule has 0 aliphatic heterocycles. The first-order chi connectivity index (χ1) is 7.31. The van der Waals surface area contributed by atoms with Gasteiger partial charge in [-0.2, -0.15) is 0 Å². The van der Waals surface area contributed by atoms with Crippen molar-refractivity contribution in [3.8, 4) is 11.8 Å². The molecule has 0 aromatic heterocycles. The summed E-state index contributed by atoms with van der Waals surface area (Å²) in [6, 6.07) is 0. The molecule has 0 aliphatic rings. The highest BCUT2D eigenvalue weighted by Crippen LogP contribution is 2.06. The highest BCUT2D eigenvalue weighted by atomic mass is 16.6. The first-order valence-electron chi connectivity index (χ1n) is 5.42. The highest BCUT2D eigenvalue weighted by Gasteiger charge is 2.15. The Bertz CT molecular complexity index is 302. The minimum absolute atomic E-state index is 0.375. The standard InChI is InChI=1S/C13H21NO2/c1-11(2)9-7-6-8-10-14-12(15)16-13(3,4)5/h1,6,8,10H2,2-5H3,(H,14,15). The van der Waals surface area contributed by atoms with E-state index in [-0.39, 0.29) is 6.09 Å². The van der Waals surface area contributed by atoms with E-state index in [1.165, 1.54) is 0 Å². The van der Waals surface area contributed by atoms with Gasteiger partial charge in [-0.1, -0.05) is 18.4 Å². The monoisotopic (exact) mass is 223 g/mol. The van der Waals surface area contributed by atoms with Crippen molar-refractivity contribution in [3.05, 3.63) is 12.2 Å². The maximum absolute atomic E-state index is 11.2. The number of carbonyl (C=O) groups is 1. The van der Waals surface area contributed by atoms with Gasteiger partial charge in [-0.15, -0.1) is 0 Å². The average Bonchev–Trinajstić information content (AvgIpc) is 2.07. The van der Waals surface area contributed by atoms with E-state index < -0.39 is 5.60 Å². The Kier molecular flexibility index (Phi) is 6.32. The van der Waals surface area contributed by atoms with E-state index in [0.29, 0.717) is 6.54 Å². The number of ether oxygens (including phenoxy) is 1. The maximum atomic E-state index is 11.2. The molecule has 0 heterocycles. The van der Waals surface area contributed by atoms with Crippen LogP contribution >= 0.6 is 0 Å². The fraction of sp³-hybridized carbons (Fsp3) is 0.615. The predicted octanol–water partition coefficient (Wildman–Crippen LogP) is 2.87. The lowest BCUT2D eigenvalue weighted by Crippen LogP contribution is -2.32. The fourth-order valence-electron chi connectivity index (χ4n) is 0.895. The lowest BCUT2D eigenvalue weighted by atomic mass is 10.2. The molecule has 0 saturated carbocycles. The van der Waals surface area contributed by atoms with Crippen LogP contribution in [-0.4, -0.2) is 18.2 Å². The summed E-state index contributed by atoms with van der Waals surface area (Å²) in [5.74, 6) is 5.85. The number of alkyl carbamates (subject to hydrolysis) is 1. The van der Waals surface area contributed by atoms with E-state index in [2.05, 4.69) is 23.7 Å². The van der Waals surface area contributed by atoms with Crippen LogP contribution in [0.5, 0.6) is 0 Å². The fourth-order valence-corrected chi connectivity index (χ4v) is 0.895. The Morgan fingerprint density at radius 1 is 1.44 bits per heavy atom. The number of allylic oxidation sites excluding steroid dienone is 1. The molecule has 16 heavy (non-hydrogen) atoms. The van der Waals surface area contributed by atoms with Gasteiger partial charge < -0.3 is 10.1 Å². The molecule has 0 rings (SSSR count). The summed E-state index contributed by atoms with van der Waals surface area (Å²) in [6.45, 7) is 11.6. The maximum Gasteiger partial charge on any atom is 0.407 e. The van der Waals surface area contributed by atoms with Crippen LogP contribution in [0.4, 0.5) is 4.79 Å². The van der Waals surface area contributed by atoms with Gasteiger partial charge in [-0.05, 0) is 39.7 Å². The number of unbranched alkanes of at least 4 members (excludes halogenated alkanes) is 1. The third-order valence-corrected chi connectivity index (χ3v) is 1.45. The summed E-state index contributed by atoms with van der Waals surface area (Å²) >= 11 is 0. The van der Waals surface area contributed by atoms with Gasteiger partial charge in [0.1, 0.15) is 5.60 Å². The van der Waals surface area contributed by atoms with Crippen LogP contribution in [0, 0.1) is 11.8 Å². The quantitative estimate of drug-likeness (QED) is 0.590. The van der Waals surface area contributed by atoms with Crippen molar-refractivity contribution in [3.63, 3.8) is 0 Å². The molecular formula is C13H21NO2. The van der Waals surface area contributed by atoms with Gasteiger partial charge in [-0.25, -0.2) is 4.79 Å². The van der Waals surface area contributed by atoms with Gasteiger partial charge in [-0.3, -0.25) is 0 Å². The Labute approximate surface area is 98.3 Å². The molecule has 0 bridgehead atoms. The number of hydrogen-bond acceptors (Lipinski definition) is 2. The van der Waals surface area contributed by atoms with Crippen LogP contribution in [0.3, 0.4) is 0 Å². The summed E-state index contributed by atoms with van der Waals surface area (Å²) in [5.41, 5.74) is 0.421. The van der Waals surface area contributed by atoms with Gasteiger partial charge in [0, 0.05) is 13.0 Å². The number of nitrogens with one attached hydrogen (secondary N) is 1. The van der Waals surface area contributed by atoms with Crippen LogP contribution in [-0.2, 0) is 4.74 Å². The molecular weight excluding hydrogens is 202 g/mol. The number of hydrogen-bond donors (Lipinski definition) is 1. The van der Waals surface area contributed by atoms with Crippen LogP contribution in [0.25, 0.3) is 0 Å². The van der Waals surface area contributed by atoms with Crippen LogP contribution in [0.2, 0.25) is 0 Å². The second-order valence-electron chi connectivity index (χ2n) is 4.61. The van der Waals surface area contributed by atoms with Crippen molar-refractivity contribution in [1.82, 2.24) is 5.32 Å². The second kappa shape index (κ2) is 6.95. The van der Waals surface area contributed by atoms with Crippen molar-refractivity contribution in [2.45, 2.75) is 46.1 Å². The Morgan fingerprint density at radius 2 is 2.06 bits per heavy atom. The molecule has 90 valence electrons. The van der Waals surface area contributed by atoms with E-state index >= 15 is 0 Å². The topological polar surface area (TPSA) is 38.3 Å². The molecule has 0 aliphatic carbocycles. The molecule has 0 aromatic carbocycles. The van der Waals surface area contributed by atoms with Crippen molar-refractivity contribution < 1.29 is 9.53 Å². The molecule has 0 unspecified atom stereocenters. The molecule has 3 nitrogen and oxygen atoms in total. The first kappa shape index (κ1) is 14.6. The van der Waals surface area contributed by atoms with Gasteiger partial charge in [0.05, 0.1) is 0 Å². The van der Waals surface area contributed by atoms with Crippen molar-refractivity contribution in [2.75, 3.05) is 6.54 Å². The molecule has 0 atom stereocenters. The van der Waals surface area contributed by atoms with E-state index in [1.807, 2.05) is 27.7 Å². The smallest absolute Gasteiger partial charge is 0.407 e. The zero-order valence-corrected chi connectivity index (χ0v) is 10.6. The molecule has 0 radical (unpaired) electrons. The first-order valence-corrected chi connectivity index (χ1v) is 5.42. The average molecular weight is 223 g/mol. The molecule has 3 heteroatoms. The predicted molar refractivity (Wildman–Crippen MR) is 66.1 cm³/mol. The van der Waals surface area contributed by atoms with E-state index in [9.17, 15) is 4.79 Å². The summed E-state index contributed by atoms with van der Waals surface area (Å²) in [4.78, 5) is 11.2. The summed E-state index contributed by atoms with van der Waals surface area (Å²) in [6.07, 6.45) is 1.20. The van der Waals surface area contributed by atoms with Crippen LogP contribution in [0.15, 0.2) is 12.2 Å².